The minimum absolute atomic E-state index is 0. The molecule has 0 aromatic rings. The van der Waals surface area contributed by atoms with E-state index in [4.69, 9.17) is 10.2 Å². The van der Waals surface area contributed by atoms with E-state index < -0.39 is 11.9 Å². The zero-order valence-corrected chi connectivity index (χ0v) is 7.52. The number of hydrazone groups is 1. The molecule has 0 fully saturated rings. The van der Waals surface area contributed by atoms with Crippen LogP contribution >= 0.6 is 0 Å². The average Bonchev–Trinajstić information content (AvgIpc) is 1.96. The maximum absolute atomic E-state index is 10.5. The van der Waals surface area contributed by atoms with Crippen molar-refractivity contribution in [2.45, 2.75) is 12.8 Å². The van der Waals surface area contributed by atoms with Crippen LogP contribution in [0.1, 0.15) is 12.8 Å². The van der Waals surface area contributed by atoms with Crippen LogP contribution in [-0.4, -0.2) is 76.5 Å². The Kier molecular flexibility index (Phi) is 8.82. The van der Waals surface area contributed by atoms with Gasteiger partial charge in [0.2, 0.25) is 0 Å². The molecule has 0 amide bonds. The summed E-state index contributed by atoms with van der Waals surface area (Å²) in [6, 6.07) is 0. The van der Waals surface area contributed by atoms with Gasteiger partial charge in [-0.2, -0.15) is 5.10 Å². The zero-order valence-electron chi connectivity index (χ0n) is 7.52. The molecule has 6 nitrogen and oxygen atoms in total. The first kappa shape index (κ1) is 15.9. The fourth-order valence-electron chi connectivity index (χ4n) is 0.666. The third-order valence-corrected chi connectivity index (χ3v) is 1.14. The van der Waals surface area contributed by atoms with Crippen molar-refractivity contribution in [2.75, 3.05) is 14.1 Å². The molecule has 2 N–H and O–H groups in total. The number of carboxylic acids is 2. The van der Waals surface area contributed by atoms with Gasteiger partial charge in [-0.25, -0.2) is 4.79 Å². The Morgan fingerprint density at radius 1 is 1.21 bits per heavy atom. The van der Waals surface area contributed by atoms with E-state index in [0.717, 1.165) is 0 Å². The number of hydrogen-bond donors (Lipinski definition) is 2. The normalized spacial score (nSPS) is 10.3. The SMILES string of the molecule is CN(C)/N=C(\CCC(=O)O)C(=O)O.[NaH]. The van der Waals surface area contributed by atoms with Gasteiger partial charge < -0.3 is 15.2 Å². The van der Waals surface area contributed by atoms with E-state index in [9.17, 15) is 9.59 Å². The molecule has 0 heterocycles. The van der Waals surface area contributed by atoms with Crippen molar-refractivity contribution >= 4 is 47.2 Å². The number of hydrogen-bond acceptors (Lipinski definition) is 4. The van der Waals surface area contributed by atoms with Crippen molar-refractivity contribution in [2.24, 2.45) is 5.10 Å². The van der Waals surface area contributed by atoms with Crippen LogP contribution < -0.4 is 0 Å². The van der Waals surface area contributed by atoms with E-state index in [1.54, 1.807) is 14.1 Å². The van der Waals surface area contributed by atoms with Crippen LogP contribution in [0.5, 0.6) is 0 Å². The Labute approximate surface area is 104 Å². The van der Waals surface area contributed by atoms with Crippen LogP contribution in [0.2, 0.25) is 0 Å². The third-order valence-electron chi connectivity index (χ3n) is 1.14. The number of aliphatic carboxylic acids is 2. The van der Waals surface area contributed by atoms with Gasteiger partial charge in [0.05, 0.1) is 6.42 Å². The molecular weight excluding hydrogens is 199 g/mol. The van der Waals surface area contributed by atoms with Crippen LogP contribution in [-0.2, 0) is 9.59 Å². The molecular formula is C7H13N2NaO4. The van der Waals surface area contributed by atoms with Gasteiger partial charge >= 0.3 is 41.5 Å². The van der Waals surface area contributed by atoms with Gasteiger partial charge in [0.15, 0.2) is 0 Å². The minimum atomic E-state index is -1.19. The van der Waals surface area contributed by atoms with E-state index in [2.05, 4.69) is 5.10 Å². The summed E-state index contributed by atoms with van der Waals surface area (Å²) in [5.41, 5.74) is -0.146. The Hall–Kier alpha value is -0.590. The first-order valence-electron chi connectivity index (χ1n) is 3.63. The topological polar surface area (TPSA) is 90.2 Å². The predicted octanol–water partition coefficient (Wildman–Crippen LogP) is -0.795. The van der Waals surface area contributed by atoms with Crippen molar-refractivity contribution in [1.29, 1.82) is 0 Å². The van der Waals surface area contributed by atoms with Crippen LogP contribution in [0.4, 0.5) is 0 Å². The summed E-state index contributed by atoms with van der Waals surface area (Å²) in [7, 11) is 3.15. The molecule has 0 rings (SSSR count). The summed E-state index contributed by atoms with van der Waals surface area (Å²) >= 11 is 0. The molecule has 14 heavy (non-hydrogen) atoms. The molecule has 0 radical (unpaired) electrons. The molecule has 0 aromatic carbocycles. The van der Waals surface area contributed by atoms with E-state index >= 15 is 0 Å². The summed E-state index contributed by atoms with van der Waals surface area (Å²) in [6.07, 6.45) is -0.290. The molecule has 0 spiro atoms. The molecule has 0 aromatic heterocycles. The molecule has 76 valence electrons. The van der Waals surface area contributed by atoms with Gasteiger partial charge in [0.1, 0.15) is 5.71 Å². The van der Waals surface area contributed by atoms with Crippen LogP contribution in [0.3, 0.4) is 0 Å². The van der Waals surface area contributed by atoms with Crippen LogP contribution in [0.25, 0.3) is 0 Å². The fraction of sp³-hybridized carbons (Fsp3) is 0.571. The molecule has 7 heteroatoms. The van der Waals surface area contributed by atoms with Crippen molar-refractivity contribution < 1.29 is 19.8 Å². The molecule has 0 aliphatic heterocycles. The first-order valence-corrected chi connectivity index (χ1v) is 3.63. The standard InChI is InChI=1S/C7H12N2O4.Na.H/c1-9(2)8-5(7(12)13)3-4-6(10)11;;/h3-4H2,1-2H3,(H,10,11)(H,12,13);;/b8-5+;;. The van der Waals surface area contributed by atoms with Gasteiger partial charge in [-0.15, -0.1) is 0 Å². The van der Waals surface area contributed by atoms with Crippen molar-refractivity contribution in [3.63, 3.8) is 0 Å². The molecule has 0 saturated heterocycles. The fourth-order valence-corrected chi connectivity index (χ4v) is 0.666. The van der Waals surface area contributed by atoms with E-state index in [1.807, 2.05) is 0 Å². The zero-order chi connectivity index (χ0) is 10.4. The van der Waals surface area contributed by atoms with Crippen molar-refractivity contribution in [3.8, 4) is 0 Å². The number of rotatable bonds is 5. The van der Waals surface area contributed by atoms with Gasteiger partial charge in [0.25, 0.3) is 0 Å². The molecule has 0 atom stereocenters. The molecule has 0 aliphatic carbocycles. The van der Waals surface area contributed by atoms with E-state index in [1.165, 1.54) is 5.01 Å². The van der Waals surface area contributed by atoms with Gasteiger partial charge in [-0.3, -0.25) is 4.79 Å². The Bertz CT molecular complexity index is 240. The van der Waals surface area contributed by atoms with Crippen molar-refractivity contribution in [1.82, 2.24) is 5.01 Å². The van der Waals surface area contributed by atoms with Gasteiger partial charge in [-0.05, 0) is 0 Å². The quantitative estimate of drug-likeness (QED) is 0.354. The Morgan fingerprint density at radius 2 is 1.71 bits per heavy atom. The number of nitrogens with zero attached hydrogens (tertiary/aromatic N) is 2. The summed E-state index contributed by atoms with van der Waals surface area (Å²) in [4.78, 5) is 20.6. The molecule has 0 bridgehead atoms. The van der Waals surface area contributed by atoms with E-state index in [-0.39, 0.29) is 48.1 Å². The number of carboxylic acid groups (broad SMARTS) is 2. The second-order valence-electron chi connectivity index (χ2n) is 2.59. The maximum atomic E-state index is 10.5. The second-order valence-corrected chi connectivity index (χ2v) is 2.59. The summed E-state index contributed by atoms with van der Waals surface area (Å²) < 4.78 is 0. The summed E-state index contributed by atoms with van der Waals surface area (Å²) in [5.74, 6) is -2.22. The average molecular weight is 212 g/mol. The second kappa shape index (κ2) is 7.78. The predicted molar refractivity (Wildman–Crippen MR) is 52.8 cm³/mol. The Balaban J connectivity index is 0. The molecule has 0 unspecified atom stereocenters. The summed E-state index contributed by atoms with van der Waals surface area (Å²) in [6.45, 7) is 0. The molecule has 0 aliphatic rings. The van der Waals surface area contributed by atoms with Gasteiger partial charge in [0, 0.05) is 20.5 Å². The molecule has 0 saturated carbocycles. The third kappa shape index (κ3) is 8.03. The van der Waals surface area contributed by atoms with E-state index in [0.29, 0.717) is 0 Å². The first-order chi connectivity index (χ1) is 5.93. The monoisotopic (exact) mass is 212 g/mol. The van der Waals surface area contributed by atoms with Crippen LogP contribution in [0, 0.1) is 0 Å². The van der Waals surface area contributed by atoms with Crippen LogP contribution in [0.15, 0.2) is 5.10 Å². The summed E-state index contributed by atoms with van der Waals surface area (Å²) in [5, 5.41) is 21.9. The van der Waals surface area contributed by atoms with Gasteiger partial charge in [-0.1, -0.05) is 0 Å². The number of carbonyl (C=O) groups is 2. The van der Waals surface area contributed by atoms with Crippen molar-refractivity contribution in [3.05, 3.63) is 0 Å². The Morgan fingerprint density at radius 3 is 2.00 bits per heavy atom.